The molecule has 1 saturated heterocycles. The smallest absolute Gasteiger partial charge is 0.314 e. The summed E-state index contributed by atoms with van der Waals surface area (Å²) >= 11 is 3.57. The van der Waals surface area contributed by atoms with Crippen molar-refractivity contribution in [3.05, 3.63) is 28.2 Å². The van der Waals surface area contributed by atoms with Gasteiger partial charge in [0.2, 0.25) is 5.91 Å². The van der Waals surface area contributed by atoms with E-state index in [9.17, 15) is 9.59 Å². The first kappa shape index (κ1) is 22.5. The van der Waals surface area contributed by atoms with Gasteiger partial charge in [-0.3, -0.25) is 4.79 Å². The number of carbonyl (C=O) groups excluding carboxylic acids is 2. The summed E-state index contributed by atoms with van der Waals surface area (Å²) in [4.78, 5) is 25.1. The molecule has 1 heterocycles. The second kappa shape index (κ2) is 10.7. The first-order valence-electron chi connectivity index (χ1n) is 9.99. The molecule has 1 aliphatic rings. The molecule has 1 aromatic rings. The minimum Gasteiger partial charge on any atom is -0.492 e. The molecule has 0 radical (unpaired) electrons. The van der Waals surface area contributed by atoms with Gasteiger partial charge in [-0.15, -0.1) is 0 Å². The van der Waals surface area contributed by atoms with Crippen molar-refractivity contribution in [2.45, 2.75) is 51.9 Å². The highest BCUT2D eigenvalue weighted by Gasteiger charge is 2.19. The molecule has 6 nitrogen and oxygen atoms in total. The van der Waals surface area contributed by atoms with Crippen LogP contribution in [0.2, 0.25) is 0 Å². The number of halogens is 1. The molecule has 28 heavy (non-hydrogen) atoms. The fraction of sp³-hybridized carbons (Fsp3) is 0.619. The van der Waals surface area contributed by atoms with Crippen LogP contribution in [0.5, 0.6) is 5.75 Å². The van der Waals surface area contributed by atoms with Gasteiger partial charge in [0, 0.05) is 32.6 Å². The normalized spacial score (nSPS) is 14.3. The van der Waals surface area contributed by atoms with Crippen molar-refractivity contribution in [2.24, 2.45) is 0 Å². The van der Waals surface area contributed by atoms with E-state index in [0.717, 1.165) is 42.6 Å². The van der Waals surface area contributed by atoms with Crippen LogP contribution in [0, 0.1) is 0 Å². The maximum Gasteiger partial charge on any atom is 0.314 e. The highest BCUT2D eigenvalue weighted by atomic mass is 79.9. The quantitative estimate of drug-likeness (QED) is 0.558. The van der Waals surface area contributed by atoms with Gasteiger partial charge in [-0.1, -0.05) is 26.8 Å². The van der Waals surface area contributed by atoms with Crippen LogP contribution in [0.3, 0.4) is 0 Å². The average Bonchev–Trinajstić information content (AvgIpc) is 3.03. The van der Waals surface area contributed by atoms with Crippen molar-refractivity contribution in [1.29, 1.82) is 0 Å². The van der Waals surface area contributed by atoms with E-state index < -0.39 is 0 Å². The molecule has 1 fully saturated rings. The highest BCUT2D eigenvalue weighted by molar-refractivity contribution is 9.10. The molecular formula is C21H32BrN3O3. The molecule has 2 N–H and O–H groups in total. The molecule has 3 amide bonds. The SMILES string of the molecule is CC(C)(C)c1ccc(OCCCNC(=O)NCCCN2CCCC2=O)c(Br)c1. The second-order valence-corrected chi connectivity index (χ2v) is 8.97. The van der Waals surface area contributed by atoms with Crippen LogP contribution in [0.4, 0.5) is 4.79 Å². The van der Waals surface area contributed by atoms with E-state index in [-0.39, 0.29) is 17.4 Å². The van der Waals surface area contributed by atoms with E-state index in [4.69, 9.17) is 4.74 Å². The van der Waals surface area contributed by atoms with Crippen molar-refractivity contribution in [2.75, 3.05) is 32.8 Å². The summed E-state index contributed by atoms with van der Waals surface area (Å²) in [6.45, 7) is 9.75. The Kier molecular flexibility index (Phi) is 8.60. The number of rotatable bonds is 9. The number of benzene rings is 1. The number of nitrogens with zero attached hydrogens (tertiary/aromatic N) is 1. The summed E-state index contributed by atoms with van der Waals surface area (Å²) in [5.41, 5.74) is 1.35. The van der Waals surface area contributed by atoms with Crippen molar-refractivity contribution in [1.82, 2.24) is 15.5 Å². The monoisotopic (exact) mass is 453 g/mol. The van der Waals surface area contributed by atoms with Crippen LogP contribution >= 0.6 is 15.9 Å². The number of likely N-dealkylation sites (tertiary alicyclic amines) is 1. The predicted molar refractivity (Wildman–Crippen MR) is 115 cm³/mol. The molecule has 0 aromatic heterocycles. The van der Waals surface area contributed by atoms with Gasteiger partial charge in [0.15, 0.2) is 0 Å². The van der Waals surface area contributed by atoms with Gasteiger partial charge in [-0.2, -0.15) is 0 Å². The van der Waals surface area contributed by atoms with E-state index in [1.165, 1.54) is 5.56 Å². The first-order valence-corrected chi connectivity index (χ1v) is 10.8. The molecule has 0 unspecified atom stereocenters. The number of nitrogens with one attached hydrogen (secondary N) is 2. The summed E-state index contributed by atoms with van der Waals surface area (Å²) in [6.07, 6.45) is 3.11. The van der Waals surface area contributed by atoms with Gasteiger partial charge in [0.25, 0.3) is 0 Å². The van der Waals surface area contributed by atoms with Gasteiger partial charge >= 0.3 is 6.03 Å². The third-order valence-corrected chi connectivity index (χ3v) is 5.34. The molecular weight excluding hydrogens is 422 g/mol. The van der Waals surface area contributed by atoms with Gasteiger partial charge in [-0.05, 0) is 58.3 Å². The van der Waals surface area contributed by atoms with Crippen molar-refractivity contribution >= 4 is 27.9 Å². The number of urea groups is 1. The lowest BCUT2D eigenvalue weighted by Gasteiger charge is -2.20. The van der Waals surface area contributed by atoms with Crippen LogP contribution in [0.25, 0.3) is 0 Å². The molecule has 0 atom stereocenters. The molecule has 1 aromatic carbocycles. The van der Waals surface area contributed by atoms with Gasteiger partial charge in [0.1, 0.15) is 5.75 Å². The van der Waals surface area contributed by atoms with Gasteiger partial charge in [-0.25, -0.2) is 4.79 Å². The zero-order valence-corrected chi connectivity index (χ0v) is 18.7. The standard InChI is InChI=1S/C21H32BrN3O3/c1-21(2,3)16-8-9-18(17(22)15-16)28-14-6-11-24-20(27)23-10-5-13-25-12-4-7-19(25)26/h8-9,15H,4-7,10-14H2,1-3H3,(H2,23,24,27). The first-order chi connectivity index (χ1) is 13.3. The van der Waals surface area contributed by atoms with Crippen LogP contribution in [0.1, 0.15) is 52.0 Å². The van der Waals surface area contributed by atoms with Crippen LogP contribution in [0.15, 0.2) is 22.7 Å². The zero-order chi connectivity index (χ0) is 20.6. The summed E-state index contributed by atoms with van der Waals surface area (Å²) in [5.74, 6) is 1.04. The molecule has 0 spiro atoms. The Labute approximate surface area is 176 Å². The molecule has 1 aliphatic heterocycles. The molecule has 2 rings (SSSR count). The Hall–Kier alpha value is -1.76. The van der Waals surface area contributed by atoms with E-state index in [0.29, 0.717) is 26.1 Å². The third-order valence-electron chi connectivity index (χ3n) is 4.72. The highest BCUT2D eigenvalue weighted by Crippen LogP contribution is 2.31. The van der Waals surface area contributed by atoms with E-state index >= 15 is 0 Å². The molecule has 0 saturated carbocycles. The zero-order valence-electron chi connectivity index (χ0n) is 17.1. The van der Waals surface area contributed by atoms with Crippen LogP contribution < -0.4 is 15.4 Å². The maximum absolute atomic E-state index is 11.8. The predicted octanol–water partition coefficient (Wildman–Crippen LogP) is 3.83. The number of hydrogen-bond donors (Lipinski definition) is 2. The fourth-order valence-electron chi connectivity index (χ4n) is 3.02. The number of carbonyl (C=O) groups is 2. The van der Waals surface area contributed by atoms with E-state index in [1.54, 1.807) is 0 Å². The Morgan fingerprint density at radius 2 is 1.93 bits per heavy atom. The molecule has 7 heteroatoms. The van der Waals surface area contributed by atoms with Crippen molar-refractivity contribution < 1.29 is 14.3 Å². The minimum absolute atomic E-state index is 0.0995. The lowest BCUT2D eigenvalue weighted by Crippen LogP contribution is -2.38. The third kappa shape index (κ3) is 7.34. The van der Waals surface area contributed by atoms with Crippen molar-refractivity contribution in [3.8, 4) is 5.75 Å². The molecule has 156 valence electrons. The Morgan fingerprint density at radius 1 is 1.21 bits per heavy atom. The Bertz CT molecular complexity index is 673. The maximum atomic E-state index is 11.8. The fourth-order valence-corrected chi connectivity index (χ4v) is 3.51. The van der Waals surface area contributed by atoms with Gasteiger partial charge < -0.3 is 20.3 Å². The van der Waals surface area contributed by atoms with Crippen LogP contribution in [-0.2, 0) is 10.2 Å². The minimum atomic E-state index is -0.177. The summed E-state index contributed by atoms with van der Waals surface area (Å²) in [5, 5.41) is 5.65. The molecule has 0 bridgehead atoms. The number of ether oxygens (including phenoxy) is 1. The lowest BCUT2D eigenvalue weighted by atomic mass is 9.87. The average molecular weight is 454 g/mol. The Morgan fingerprint density at radius 3 is 2.54 bits per heavy atom. The second-order valence-electron chi connectivity index (χ2n) is 8.12. The van der Waals surface area contributed by atoms with Crippen molar-refractivity contribution in [3.63, 3.8) is 0 Å². The lowest BCUT2D eigenvalue weighted by molar-refractivity contribution is -0.127. The van der Waals surface area contributed by atoms with Crippen LogP contribution in [-0.4, -0.2) is 49.6 Å². The number of amides is 3. The summed E-state index contributed by atoms with van der Waals surface area (Å²) < 4.78 is 6.74. The summed E-state index contributed by atoms with van der Waals surface area (Å²) in [6, 6.07) is 5.98. The molecule has 0 aliphatic carbocycles. The Balaban J connectivity index is 1.55. The van der Waals surface area contributed by atoms with E-state index in [1.807, 2.05) is 11.0 Å². The van der Waals surface area contributed by atoms with Gasteiger partial charge in [0.05, 0.1) is 11.1 Å². The largest absolute Gasteiger partial charge is 0.492 e. The number of hydrogen-bond acceptors (Lipinski definition) is 3. The van der Waals surface area contributed by atoms with E-state index in [2.05, 4.69) is 59.5 Å². The summed E-state index contributed by atoms with van der Waals surface area (Å²) in [7, 11) is 0. The topological polar surface area (TPSA) is 70.7 Å².